The number of benzene rings is 1. The first kappa shape index (κ1) is 13.0. The van der Waals surface area contributed by atoms with Crippen LogP contribution >= 0.6 is 0 Å². The van der Waals surface area contributed by atoms with Gasteiger partial charge in [-0.2, -0.15) is 5.10 Å². The molecule has 0 aliphatic carbocycles. The van der Waals surface area contributed by atoms with E-state index in [4.69, 9.17) is 9.47 Å². The van der Waals surface area contributed by atoms with Gasteiger partial charge in [-0.25, -0.2) is 5.43 Å². The maximum Gasteiger partial charge on any atom is 0.271 e. The fourth-order valence-corrected chi connectivity index (χ4v) is 1.20. The molecule has 5 nitrogen and oxygen atoms in total. The zero-order valence-corrected chi connectivity index (χ0v) is 10.4. The lowest BCUT2D eigenvalue weighted by Crippen LogP contribution is -2.18. The zero-order valence-electron chi connectivity index (χ0n) is 10.4. The Bertz CT molecular complexity index is 437. The van der Waals surface area contributed by atoms with E-state index in [0.717, 1.165) is 5.71 Å². The average Bonchev–Trinajstić information content (AvgIpc) is 2.34. The van der Waals surface area contributed by atoms with Crippen LogP contribution in [-0.2, 0) is 0 Å². The van der Waals surface area contributed by atoms with Gasteiger partial charge < -0.3 is 9.47 Å². The molecule has 0 bridgehead atoms. The molecule has 0 heterocycles. The highest BCUT2D eigenvalue weighted by atomic mass is 16.5. The summed E-state index contributed by atoms with van der Waals surface area (Å²) >= 11 is 0. The molecule has 0 saturated carbocycles. The summed E-state index contributed by atoms with van der Waals surface area (Å²) in [4.78, 5) is 11.7. The van der Waals surface area contributed by atoms with Crippen molar-refractivity contribution in [2.75, 3.05) is 14.2 Å². The highest BCUT2D eigenvalue weighted by Gasteiger charge is 2.09. The van der Waals surface area contributed by atoms with E-state index >= 15 is 0 Å². The van der Waals surface area contributed by atoms with E-state index < -0.39 is 0 Å². The summed E-state index contributed by atoms with van der Waals surface area (Å²) in [5.74, 6) is 0.809. The number of amides is 1. The molecule has 0 unspecified atom stereocenters. The maximum absolute atomic E-state index is 11.7. The number of rotatable bonds is 4. The van der Waals surface area contributed by atoms with Gasteiger partial charge in [0.2, 0.25) is 0 Å². The second-order valence-electron chi connectivity index (χ2n) is 3.57. The van der Waals surface area contributed by atoms with Crippen LogP contribution in [0.2, 0.25) is 0 Å². The summed E-state index contributed by atoms with van der Waals surface area (Å²) in [6.45, 7) is 3.60. The molecular formula is C12H16N2O3. The molecule has 0 radical (unpaired) electrons. The van der Waals surface area contributed by atoms with Crippen LogP contribution in [0.3, 0.4) is 0 Å². The molecule has 92 valence electrons. The minimum atomic E-state index is -0.285. The maximum atomic E-state index is 11.7. The van der Waals surface area contributed by atoms with Crippen LogP contribution in [0.5, 0.6) is 11.5 Å². The third kappa shape index (κ3) is 3.48. The summed E-state index contributed by atoms with van der Waals surface area (Å²) < 4.78 is 10.2. The highest BCUT2D eigenvalue weighted by Crippen LogP contribution is 2.27. The third-order valence-corrected chi connectivity index (χ3v) is 2.03. The van der Waals surface area contributed by atoms with Crippen molar-refractivity contribution in [3.63, 3.8) is 0 Å². The average molecular weight is 236 g/mol. The standard InChI is InChI=1S/C12H16N2O3/c1-8(2)13-14-12(15)9-5-6-10(16-3)11(7-9)17-4/h5-7H,1-4H3,(H,14,15). The minimum Gasteiger partial charge on any atom is -0.493 e. The lowest BCUT2D eigenvalue weighted by atomic mass is 10.2. The molecule has 17 heavy (non-hydrogen) atoms. The van der Waals surface area contributed by atoms with Crippen molar-refractivity contribution in [2.45, 2.75) is 13.8 Å². The summed E-state index contributed by atoms with van der Waals surface area (Å²) in [7, 11) is 3.07. The smallest absolute Gasteiger partial charge is 0.271 e. The summed E-state index contributed by atoms with van der Waals surface area (Å²) in [6.07, 6.45) is 0. The molecule has 1 rings (SSSR count). The number of hydrazone groups is 1. The number of nitrogens with one attached hydrogen (secondary N) is 1. The van der Waals surface area contributed by atoms with Gasteiger partial charge in [0.25, 0.3) is 5.91 Å². The van der Waals surface area contributed by atoms with Crippen molar-refractivity contribution in [2.24, 2.45) is 5.10 Å². The van der Waals surface area contributed by atoms with Crippen LogP contribution < -0.4 is 14.9 Å². The number of methoxy groups -OCH3 is 2. The number of carbonyl (C=O) groups is 1. The molecule has 0 aliphatic heterocycles. The Hall–Kier alpha value is -2.04. The first-order valence-electron chi connectivity index (χ1n) is 5.11. The van der Waals surface area contributed by atoms with E-state index in [0.29, 0.717) is 17.1 Å². The second kappa shape index (κ2) is 5.89. The normalized spacial score (nSPS) is 9.41. The molecule has 0 fully saturated rings. The Labute approximate surface area is 100 Å². The van der Waals surface area contributed by atoms with Gasteiger partial charge in [-0.05, 0) is 32.0 Å². The molecule has 0 saturated heterocycles. The Morgan fingerprint density at radius 1 is 1.18 bits per heavy atom. The molecule has 1 amide bonds. The van der Waals surface area contributed by atoms with Gasteiger partial charge in [-0.15, -0.1) is 0 Å². The third-order valence-electron chi connectivity index (χ3n) is 2.03. The van der Waals surface area contributed by atoms with Crippen LogP contribution in [0.15, 0.2) is 23.3 Å². The fourth-order valence-electron chi connectivity index (χ4n) is 1.20. The minimum absolute atomic E-state index is 0.285. The largest absolute Gasteiger partial charge is 0.493 e. The molecule has 5 heteroatoms. The quantitative estimate of drug-likeness (QED) is 0.641. The van der Waals surface area contributed by atoms with Gasteiger partial charge in [0.05, 0.1) is 14.2 Å². The predicted octanol–water partition coefficient (Wildman–Crippen LogP) is 1.83. The topological polar surface area (TPSA) is 59.9 Å². The van der Waals surface area contributed by atoms with Crippen LogP contribution in [0.25, 0.3) is 0 Å². The fraction of sp³-hybridized carbons (Fsp3) is 0.333. The van der Waals surface area contributed by atoms with Crippen molar-refractivity contribution in [3.05, 3.63) is 23.8 Å². The van der Waals surface area contributed by atoms with Crippen LogP contribution in [-0.4, -0.2) is 25.8 Å². The zero-order chi connectivity index (χ0) is 12.8. The van der Waals surface area contributed by atoms with E-state index in [1.165, 1.54) is 7.11 Å². The Morgan fingerprint density at radius 3 is 2.35 bits per heavy atom. The molecule has 0 spiro atoms. The number of carbonyl (C=O) groups excluding carboxylic acids is 1. The number of hydrogen-bond acceptors (Lipinski definition) is 4. The first-order chi connectivity index (χ1) is 8.08. The monoisotopic (exact) mass is 236 g/mol. The van der Waals surface area contributed by atoms with Crippen LogP contribution in [0.4, 0.5) is 0 Å². The molecule has 1 N–H and O–H groups in total. The number of ether oxygens (including phenoxy) is 2. The van der Waals surface area contributed by atoms with E-state index in [2.05, 4.69) is 10.5 Å². The highest BCUT2D eigenvalue weighted by molar-refractivity contribution is 5.95. The van der Waals surface area contributed by atoms with Crippen molar-refractivity contribution in [1.29, 1.82) is 0 Å². The van der Waals surface area contributed by atoms with Gasteiger partial charge in [0, 0.05) is 11.3 Å². The van der Waals surface area contributed by atoms with Gasteiger partial charge >= 0.3 is 0 Å². The molecule has 0 aromatic heterocycles. The van der Waals surface area contributed by atoms with Gasteiger partial charge in [0.15, 0.2) is 11.5 Å². The van der Waals surface area contributed by atoms with Crippen LogP contribution in [0.1, 0.15) is 24.2 Å². The Morgan fingerprint density at radius 2 is 1.82 bits per heavy atom. The Balaban J connectivity index is 2.92. The van der Waals surface area contributed by atoms with Crippen molar-refractivity contribution in [1.82, 2.24) is 5.43 Å². The van der Waals surface area contributed by atoms with E-state index in [-0.39, 0.29) is 5.91 Å². The predicted molar refractivity (Wildman–Crippen MR) is 65.8 cm³/mol. The first-order valence-corrected chi connectivity index (χ1v) is 5.11. The Kier molecular flexibility index (Phi) is 4.51. The molecule has 1 aromatic rings. The van der Waals surface area contributed by atoms with Gasteiger partial charge in [-0.1, -0.05) is 0 Å². The van der Waals surface area contributed by atoms with Gasteiger partial charge in [0.1, 0.15) is 0 Å². The molecule has 0 atom stereocenters. The number of hydrogen-bond donors (Lipinski definition) is 1. The number of nitrogens with zero attached hydrogens (tertiary/aromatic N) is 1. The van der Waals surface area contributed by atoms with E-state index in [1.807, 2.05) is 0 Å². The second-order valence-corrected chi connectivity index (χ2v) is 3.57. The summed E-state index contributed by atoms with van der Waals surface area (Å²) in [6, 6.07) is 4.93. The van der Waals surface area contributed by atoms with Crippen LogP contribution in [0, 0.1) is 0 Å². The molecule has 0 aliphatic rings. The van der Waals surface area contributed by atoms with Crippen molar-refractivity contribution in [3.8, 4) is 11.5 Å². The van der Waals surface area contributed by atoms with Crippen molar-refractivity contribution >= 4 is 11.6 Å². The van der Waals surface area contributed by atoms with Gasteiger partial charge in [-0.3, -0.25) is 4.79 Å². The summed E-state index contributed by atoms with van der Waals surface area (Å²) in [5.41, 5.74) is 3.68. The lowest BCUT2D eigenvalue weighted by molar-refractivity contribution is 0.0954. The summed E-state index contributed by atoms with van der Waals surface area (Å²) in [5, 5.41) is 3.84. The lowest BCUT2D eigenvalue weighted by Gasteiger charge is -2.08. The molecular weight excluding hydrogens is 220 g/mol. The van der Waals surface area contributed by atoms with E-state index in [1.54, 1.807) is 39.2 Å². The van der Waals surface area contributed by atoms with E-state index in [9.17, 15) is 4.79 Å². The molecule has 1 aromatic carbocycles. The SMILES string of the molecule is COc1ccc(C(=O)NN=C(C)C)cc1OC. The van der Waals surface area contributed by atoms with Crippen molar-refractivity contribution < 1.29 is 14.3 Å².